The zero-order valence-electron chi connectivity index (χ0n) is 9.77. The molecule has 4 nitrogen and oxygen atoms in total. The minimum absolute atomic E-state index is 0.0317. The lowest BCUT2D eigenvalue weighted by Crippen LogP contribution is -2.19. The van der Waals surface area contributed by atoms with E-state index >= 15 is 0 Å². The molecule has 0 aliphatic carbocycles. The van der Waals surface area contributed by atoms with Crippen molar-refractivity contribution in [3.05, 3.63) is 52.3 Å². The summed E-state index contributed by atoms with van der Waals surface area (Å²) in [4.78, 5) is 22.6. The van der Waals surface area contributed by atoms with Gasteiger partial charge in [-0.05, 0) is 24.3 Å². The average molecular weight is 297 g/mol. The van der Waals surface area contributed by atoms with Gasteiger partial charge < -0.3 is 9.88 Å². The van der Waals surface area contributed by atoms with Crippen LogP contribution in [0.3, 0.4) is 0 Å². The Bertz CT molecular complexity index is 623. The molecule has 0 spiro atoms. The van der Waals surface area contributed by atoms with Gasteiger partial charge >= 0.3 is 0 Å². The minimum Gasteiger partial charge on any atom is -0.336 e. The summed E-state index contributed by atoms with van der Waals surface area (Å²) in [6.45, 7) is 0.0317. The first kappa shape index (κ1) is 13.6. The Labute approximate surface area is 119 Å². The highest BCUT2D eigenvalue weighted by molar-refractivity contribution is 6.43. The van der Waals surface area contributed by atoms with Crippen LogP contribution in [0.5, 0.6) is 0 Å². The summed E-state index contributed by atoms with van der Waals surface area (Å²) in [7, 11) is 0. The standard InChI is InChI=1S/C13H10Cl2N2O2/c14-10-4-1-5-11(13(10)15)16-12(19)7-17-6-2-3-9(17)8-18/h1-6,8H,7H2,(H,16,19). The fourth-order valence-electron chi connectivity index (χ4n) is 1.62. The third-order valence-corrected chi connectivity index (χ3v) is 3.34. The number of amides is 1. The van der Waals surface area contributed by atoms with Gasteiger partial charge in [0.25, 0.3) is 0 Å². The number of carbonyl (C=O) groups excluding carboxylic acids is 2. The fraction of sp³-hybridized carbons (Fsp3) is 0.0769. The second-order valence-corrected chi connectivity index (χ2v) is 4.61. The predicted octanol–water partition coefficient (Wildman–Crippen LogP) is 3.25. The number of halogens is 2. The Morgan fingerprint density at radius 1 is 1.26 bits per heavy atom. The summed E-state index contributed by atoms with van der Waals surface area (Å²) in [5.74, 6) is -0.288. The highest BCUT2D eigenvalue weighted by Crippen LogP contribution is 2.29. The monoisotopic (exact) mass is 296 g/mol. The van der Waals surface area contributed by atoms with Gasteiger partial charge in [0.2, 0.25) is 5.91 Å². The van der Waals surface area contributed by atoms with E-state index in [1.165, 1.54) is 0 Å². The molecule has 0 aliphatic heterocycles. The van der Waals surface area contributed by atoms with Crippen molar-refractivity contribution in [2.45, 2.75) is 6.54 Å². The van der Waals surface area contributed by atoms with Crippen LogP contribution in [-0.2, 0) is 11.3 Å². The molecule has 0 saturated carbocycles. The van der Waals surface area contributed by atoms with Crippen LogP contribution in [0.25, 0.3) is 0 Å². The number of hydrogen-bond donors (Lipinski definition) is 1. The molecule has 0 radical (unpaired) electrons. The van der Waals surface area contributed by atoms with Crippen LogP contribution in [0, 0.1) is 0 Å². The number of carbonyl (C=O) groups is 2. The topological polar surface area (TPSA) is 51.1 Å². The van der Waals surface area contributed by atoms with Crippen LogP contribution in [0.15, 0.2) is 36.5 Å². The van der Waals surface area contributed by atoms with Crippen molar-refractivity contribution in [2.75, 3.05) is 5.32 Å². The second-order valence-electron chi connectivity index (χ2n) is 3.83. The quantitative estimate of drug-likeness (QED) is 0.881. The smallest absolute Gasteiger partial charge is 0.244 e. The lowest BCUT2D eigenvalue weighted by atomic mass is 10.3. The third-order valence-electron chi connectivity index (χ3n) is 2.53. The molecule has 1 heterocycles. The fourth-order valence-corrected chi connectivity index (χ4v) is 1.97. The summed E-state index contributed by atoms with van der Waals surface area (Å²) in [5, 5.41) is 3.31. The van der Waals surface area contributed by atoms with Gasteiger partial charge in [-0.1, -0.05) is 29.3 Å². The molecule has 0 bridgehead atoms. The number of rotatable bonds is 4. The molecular formula is C13H10Cl2N2O2. The van der Waals surface area contributed by atoms with Crippen molar-refractivity contribution in [1.82, 2.24) is 4.57 Å². The van der Waals surface area contributed by atoms with Crippen molar-refractivity contribution in [3.8, 4) is 0 Å². The maximum atomic E-state index is 11.9. The Hall–Kier alpha value is -1.78. The van der Waals surface area contributed by atoms with E-state index in [0.717, 1.165) is 0 Å². The molecule has 0 unspecified atom stereocenters. The summed E-state index contributed by atoms with van der Waals surface area (Å²) in [6.07, 6.45) is 2.35. The van der Waals surface area contributed by atoms with Crippen molar-refractivity contribution in [1.29, 1.82) is 0 Å². The van der Waals surface area contributed by atoms with E-state index < -0.39 is 0 Å². The Balaban J connectivity index is 2.10. The van der Waals surface area contributed by atoms with E-state index in [-0.39, 0.29) is 12.5 Å². The van der Waals surface area contributed by atoms with E-state index in [9.17, 15) is 9.59 Å². The summed E-state index contributed by atoms with van der Waals surface area (Å²) >= 11 is 11.8. The molecule has 2 aromatic rings. The van der Waals surface area contributed by atoms with E-state index in [1.807, 2.05) is 0 Å². The van der Waals surface area contributed by atoms with Crippen LogP contribution < -0.4 is 5.32 Å². The number of nitrogens with one attached hydrogen (secondary N) is 1. The molecule has 0 aliphatic rings. The van der Waals surface area contributed by atoms with Gasteiger partial charge in [0.15, 0.2) is 6.29 Å². The highest BCUT2D eigenvalue weighted by Gasteiger charge is 2.10. The zero-order valence-corrected chi connectivity index (χ0v) is 11.3. The second kappa shape index (κ2) is 5.91. The molecule has 1 N–H and O–H groups in total. The van der Waals surface area contributed by atoms with Crippen molar-refractivity contribution in [2.24, 2.45) is 0 Å². The molecular weight excluding hydrogens is 287 g/mol. The largest absolute Gasteiger partial charge is 0.336 e. The molecule has 2 rings (SSSR count). The average Bonchev–Trinajstić information content (AvgIpc) is 2.82. The molecule has 1 aromatic heterocycles. The molecule has 0 saturated heterocycles. The predicted molar refractivity (Wildman–Crippen MR) is 74.9 cm³/mol. The summed E-state index contributed by atoms with van der Waals surface area (Å²) in [5.41, 5.74) is 0.881. The number of benzene rings is 1. The third kappa shape index (κ3) is 3.16. The van der Waals surface area contributed by atoms with Gasteiger partial charge in [-0.2, -0.15) is 0 Å². The van der Waals surface area contributed by atoms with Gasteiger partial charge in [0.1, 0.15) is 6.54 Å². The highest BCUT2D eigenvalue weighted by atomic mass is 35.5. The minimum atomic E-state index is -0.288. The lowest BCUT2D eigenvalue weighted by molar-refractivity contribution is -0.116. The maximum Gasteiger partial charge on any atom is 0.244 e. The van der Waals surface area contributed by atoms with Crippen LogP contribution >= 0.6 is 23.2 Å². The van der Waals surface area contributed by atoms with E-state index in [0.29, 0.717) is 27.7 Å². The number of anilines is 1. The molecule has 1 amide bonds. The number of aromatic nitrogens is 1. The summed E-state index contributed by atoms with van der Waals surface area (Å²) < 4.78 is 1.54. The lowest BCUT2D eigenvalue weighted by Gasteiger charge is -2.09. The first-order valence-electron chi connectivity index (χ1n) is 5.46. The van der Waals surface area contributed by atoms with Gasteiger partial charge in [-0.3, -0.25) is 9.59 Å². The number of aldehydes is 1. The Morgan fingerprint density at radius 3 is 2.79 bits per heavy atom. The molecule has 98 valence electrons. The van der Waals surface area contributed by atoms with Crippen LogP contribution in [0.1, 0.15) is 10.5 Å². The molecule has 6 heteroatoms. The number of hydrogen-bond acceptors (Lipinski definition) is 2. The van der Waals surface area contributed by atoms with Crippen molar-refractivity contribution in [3.63, 3.8) is 0 Å². The van der Waals surface area contributed by atoms with Gasteiger partial charge in [-0.25, -0.2) is 0 Å². The normalized spacial score (nSPS) is 10.2. The Morgan fingerprint density at radius 2 is 2.05 bits per heavy atom. The SMILES string of the molecule is O=Cc1cccn1CC(=O)Nc1cccc(Cl)c1Cl. The summed E-state index contributed by atoms with van der Waals surface area (Å²) in [6, 6.07) is 8.31. The zero-order chi connectivity index (χ0) is 13.8. The van der Waals surface area contributed by atoms with Crippen molar-refractivity contribution >= 4 is 41.1 Å². The van der Waals surface area contributed by atoms with E-state index in [2.05, 4.69) is 5.32 Å². The first-order chi connectivity index (χ1) is 9.11. The van der Waals surface area contributed by atoms with Crippen molar-refractivity contribution < 1.29 is 9.59 Å². The molecule has 0 atom stereocenters. The van der Waals surface area contributed by atoms with Crippen LogP contribution in [-0.4, -0.2) is 16.8 Å². The molecule has 19 heavy (non-hydrogen) atoms. The van der Waals surface area contributed by atoms with Crippen LogP contribution in [0.2, 0.25) is 10.0 Å². The number of nitrogens with zero attached hydrogens (tertiary/aromatic N) is 1. The van der Waals surface area contributed by atoms with E-state index in [4.69, 9.17) is 23.2 Å². The first-order valence-corrected chi connectivity index (χ1v) is 6.21. The molecule has 0 fully saturated rings. The maximum absolute atomic E-state index is 11.9. The molecule has 1 aromatic carbocycles. The van der Waals surface area contributed by atoms with Gasteiger partial charge in [0, 0.05) is 6.20 Å². The van der Waals surface area contributed by atoms with Gasteiger partial charge in [-0.15, -0.1) is 0 Å². The van der Waals surface area contributed by atoms with Crippen LogP contribution in [0.4, 0.5) is 5.69 Å². The Kier molecular flexibility index (Phi) is 4.24. The van der Waals surface area contributed by atoms with Gasteiger partial charge in [0.05, 0.1) is 21.4 Å². The van der Waals surface area contributed by atoms with E-state index in [1.54, 1.807) is 41.1 Å².